The summed E-state index contributed by atoms with van der Waals surface area (Å²) in [5.74, 6) is 3.21. The van der Waals surface area contributed by atoms with Crippen molar-refractivity contribution in [3.63, 3.8) is 0 Å². The van der Waals surface area contributed by atoms with Crippen molar-refractivity contribution < 1.29 is 9.53 Å². The topological polar surface area (TPSA) is 105 Å². The predicted molar refractivity (Wildman–Crippen MR) is 172 cm³/mol. The van der Waals surface area contributed by atoms with Crippen LogP contribution in [0.3, 0.4) is 0 Å². The number of anilines is 3. The lowest BCUT2D eigenvalue weighted by Crippen LogP contribution is -2.50. The van der Waals surface area contributed by atoms with Gasteiger partial charge in [-0.3, -0.25) is 4.79 Å². The van der Waals surface area contributed by atoms with Crippen LogP contribution in [-0.2, 0) is 4.79 Å². The average Bonchev–Trinajstić information content (AvgIpc) is 3.69. The maximum Gasteiger partial charge on any atom is 0.165 e. The molecule has 11 nitrogen and oxygen atoms in total. The van der Waals surface area contributed by atoms with Gasteiger partial charge in [-0.15, -0.1) is 0 Å². The van der Waals surface area contributed by atoms with Gasteiger partial charge in [-0.25, -0.2) is 19.0 Å². The van der Waals surface area contributed by atoms with Crippen LogP contribution in [0.2, 0.25) is 0 Å². The monoisotopic (exact) mass is 601 g/mol. The third-order valence-electron chi connectivity index (χ3n) is 9.41. The predicted octanol–water partition coefficient (Wildman–Crippen LogP) is 5.08. The van der Waals surface area contributed by atoms with Crippen molar-refractivity contribution in [2.75, 3.05) is 43.9 Å². The van der Waals surface area contributed by atoms with E-state index in [1.54, 1.807) is 10.8 Å². The summed E-state index contributed by atoms with van der Waals surface area (Å²) in [4.78, 5) is 26.8. The van der Waals surface area contributed by atoms with Crippen LogP contribution < -0.4 is 15.0 Å². The molecule has 0 spiro atoms. The zero-order valence-electron chi connectivity index (χ0n) is 25.6. The molecule has 3 unspecified atom stereocenters. The number of benzene rings is 1. The fourth-order valence-corrected chi connectivity index (χ4v) is 7.39. The molecule has 1 aliphatic heterocycles. The van der Waals surface area contributed by atoms with E-state index in [9.17, 15) is 4.79 Å². The molecule has 5 heterocycles. The summed E-state index contributed by atoms with van der Waals surface area (Å²) in [6, 6.07) is 11.9. The summed E-state index contributed by atoms with van der Waals surface area (Å²) in [6.07, 6.45) is 15.0. The lowest BCUT2D eigenvalue weighted by atomic mass is 9.56. The number of hydrogen-bond donors (Lipinski definition) is 1. The van der Waals surface area contributed by atoms with Gasteiger partial charge in [0.05, 0.1) is 11.1 Å². The van der Waals surface area contributed by atoms with Gasteiger partial charge in [0.25, 0.3) is 0 Å². The number of aryl methyl sites for hydroxylation is 1. The van der Waals surface area contributed by atoms with Crippen LogP contribution in [0.1, 0.15) is 18.4 Å². The molecule has 1 aromatic carbocycles. The molecule has 8 rings (SSSR count). The van der Waals surface area contributed by atoms with E-state index in [0.717, 1.165) is 72.1 Å². The van der Waals surface area contributed by atoms with Gasteiger partial charge in [-0.05, 0) is 87.7 Å². The molecule has 4 aromatic heterocycles. The second kappa shape index (κ2) is 10.6. The smallest absolute Gasteiger partial charge is 0.165 e. The lowest BCUT2D eigenvalue weighted by molar-refractivity contribution is -0.126. The van der Waals surface area contributed by atoms with Crippen LogP contribution in [0, 0.1) is 24.2 Å². The maximum absolute atomic E-state index is 13.3. The second-order valence-corrected chi connectivity index (χ2v) is 12.7. The van der Waals surface area contributed by atoms with Gasteiger partial charge in [-0.2, -0.15) is 10.2 Å². The number of pyridine rings is 1. The van der Waals surface area contributed by atoms with Gasteiger partial charge in [0.1, 0.15) is 29.7 Å². The standard InChI is InChI=1S/C34H35N9O2/c1-22-13-25(6-7-29(22)45-26-8-11-42-31(15-26)35-20-37-42)39-33-32-28(9-12-43(32)38-21-36-33)41-18-23-14-27-24(19-41)17-34(27,16-23)30(44)5-4-10-40(2)3/h4-9,11-15,20-21,23-24H,10,16-19H2,1-3H3,(H,36,38,39)/b5-4+. The Morgan fingerprint density at radius 1 is 1.07 bits per heavy atom. The zero-order valence-corrected chi connectivity index (χ0v) is 25.6. The first-order valence-electron chi connectivity index (χ1n) is 15.4. The number of allylic oxidation sites excluding steroid dienone is 1. The largest absolute Gasteiger partial charge is 0.457 e. The molecule has 1 fully saturated rings. The summed E-state index contributed by atoms with van der Waals surface area (Å²) in [5, 5.41) is 12.2. The Hall–Kier alpha value is -5.03. The highest BCUT2D eigenvalue weighted by molar-refractivity contribution is 5.99. The molecule has 228 valence electrons. The van der Waals surface area contributed by atoms with Gasteiger partial charge in [0.2, 0.25) is 0 Å². The fourth-order valence-electron chi connectivity index (χ4n) is 7.39. The van der Waals surface area contributed by atoms with Crippen molar-refractivity contribution in [1.29, 1.82) is 0 Å². The third-order valence-corrected chi connectivity index (χ3v) is 9.41. The normalized spacial score (nSPS) is 22.2. The van der Waals surface area contributed by atoms with Gasteiger partial charge in [0, 0.05) is 43.8 Å². The third kappa shape index (κ3) is 4.74. The van der Waals surface area contributed by atoms with Gasteiger partial charge < -0.3 is 19.9 Å². The van der Waals surface area contributed by atoms with Crippen molar-refractivity contribution >= 4 is 34.1 Å². The van der Waals surface area contributed by atoms with Crippen LogP contribution >= 0.6 is 0 Å². The van der Waals surface area contributed by atoms with E-state index in [2.05, 4.69) is 53.5 Å². The van der Waals surface area contributed by atoms with Crippen molar-refractivity contribution in [1.82, 2.24) is 34.1 Å². The molecule has 0 amide bonds. The highest BCUT2D eigenvalue weighted by atomic mass is 16.5. The van der Waals surface area contributed by atoms with Crippen molar-refractivity contribution in [2.45, 2.75) is 19.8 Å². The molecule has 1 saturated carbocycles. The number of carbonyl (C=O) groups is 1. The molecule has 2 aliphatic carbocycles. The number of nitrogens with zero attached hydrogens (tertiary/aromatic N) is 8. The molecule has 45 heavy (non-hydrogen) atoms. The highest BCUT2D eigenvalue weighted by Crippen LogP contribution is 2.61. The molecular formula is C34H35N9O2. The number of rotatable bonds is 9. The number of carbonyl (C=O) groups excluding carboxylic acids is 1. The van der Waals surface area contributed by atoms with Gasteiger partial charge in [0.15, 0.2) is 17.2 Å². The molecule has 1 N–H and O–H groups in total. The van der Waals surface area contributed by atoms with Crippen molar-refractivity contribution in [3.8, 4) is 11.5 Å². The molecule has 3 atom stereocenters. The Morgan fingerprint density at radius 3 is 2.78 bits per heavy atom. The van der Waals surface area contributed by atoms with Crippen LogP contribution in [0.4, 0.5) is 17.2 Å². The van der Waals surface area contributed by atoms with E-state index in [4.69, 9.17) is 4.74 Å². The minimum Gasteiger partial charge on any atom is -0.457 e. The van der Waals surface area contributed by atoms with Crippen LogP contribution in [0.25, 0.3) is 11.2 Å². The van der Waals surface area contributed by atoms with Crippen molar-refractivity contribution in [3.05, 3.63) is 90.8 Å². The molecule has 3 aliphatic rings. The number of fused-ring (bicyclic) bond motifs is 3. The summed E-state index contributed by atoms with van der Waals surface area (Å²) >= 11 is 0. The minimum atomic E-state index is -0.278. The zero-order chi connectivity index (χ0) is 30.7. The average molecular weight is 602 g/mol. The molecule has 11 heteroatoms. The number of ether oxygens (including phenoxy) is 1. The molecule has 0 radical (unpaired) electrons. The summed E-state index contributed by atoms with van der Waals surface area (Å²) in [5.41, 5.74) is 5.74. The van der Waals surface area contributed by atoms with Crippen LogP contribution in [-0.4, -0.2) is 73.6 Å². The quantitative estimate of drug-likeness (QED) is 0.183. The highest BCUT2D eigenvalue weighted by Gasteiger charge is 2.58. The number of hydrogen-bond acceptors (Lipinski definition) is 9. The van der Waals surface area contributed by atoms with E-state index in [-0.39, 0.29) is 11.2 Å². The molecule has 0 saturated heterocycles. The number of likely N-dealkylation sites (N-methyl/N-ethyl adjacent to an activating group) is 1. The molecular weight excluding hydrogens is 566 g/mol. The first kappa shape index (κ1) is 27.5. The van der Waals surface area contributed by atoms with Crippen LogP contribution in [0.15, 0.2) is 85.2 Å². The summed E-state index contributed by atoms with van der Waals surface area (Å²) in [7, 11) is 4.04. The number of nitrogens with one attached hydrogen (secondary N) is 1. The minimum absolute atomic E-state index is 0.278. The first-order chi connectivity index (χ1) is 21.9. The van der Waals surface area contributed by atoms with E-state index in [0.29, 0.717) is 17.6 Å². The summed E-state index contributed by atoms with van der Waals surface area (Å²) < 4.78 is 9.76. The maximum atomic E-state index is 13.3. The van der Waals surface area contributed by atoms with Crippen LogP contribution in [0.5, 0.6) is 11.5 Å². The summed E-state index contributed by atoms with van der Waals surface area (Å²) in [6.45, 7) is 4.56. The van der Waals surface area contributed by atoms with E-state index >= 15 is 0 Å². The SMILES string of the molecule is Cc1cc(Nc2ncnn3ccc(N4CC5C=C6C(C4)CC6(C(=O)/C=C/CN(C)C)C5)c23)ccc1Oc1ccn2ncnc2c1. The van der Waals surface area contributed by atoms with Gasteiger partial charge in [-0.1, -0.05) is 17.7 Å². The fraction of sp³-hybridized carbons (Fsp3) is 0.324. The van der Waals surface area contributed by atoms with Crippen molar-refractivity contribution in [2.24, 2.45) is 17.3 Å². The Balaban J connectivity index is 1.01. The molecule has 2 bridgehead atoms. The Kier molecular flexibility index (Phi) is 6.45. The molecule has 5 aromatic rings. The lowest BCUT2D eigenvalue weighted by Gasteiger charge is -2.50. The Labute approximate surface area is 260 Å². The van der Waals surface area contributed by atoms with E-state index in [1.807, 2.05) is 74.3 Å². The Bertz CT molecular complexity index is 2000. The first-order valence-corrected chi connectivity index (χ1v) is 15.4. The number of aromatic nitrogens is 6. The second-order valence-electron chi connectivity index (χ2n) is 12.7. The van der Waals surface area contributed by atoms with Gasteiger partial charge >= 0.3 is 0 Å². The van der Waals surface area contributed by atoms with E-state index < -0.39 is 0 Å². The van der Waals surface area contributed by atoms with E-state index in [1.165, 1.54) is 11.9 Å². The number of ketones is 1. The Morgan fingerprint density at radius 2 is 1.91 bits per heavy atom.